The molecule has 2 aromatic rings. The van der Waals surface area contributed by atoms with E-state index >= 15 is 0 Å². The molecule has 2 heterocycles. The van der Waals surface area contributed by atoms with Crippen LogP contribution in [0.3, 0.4) is 0 Å². The molecule has 8 heteroatoms. The first-order valence-electron chi connectivity index (χ1n) is 9.95. The predicted molar refractivity (Wildman–Crippen MR) is 108 cm³/mol. The van der Waals surface area contributed by atoms with Crippen LogP contribution < -0.4 is 30.5 Å². The summed E-state index contributed by atoms with van der Waals surface area (Å²) in [6.45, 7) is 3.80. The third-order valence-electron chi connectivity index (χ3n) is 5.32. The Hall–Kier alpha value is -3.03. The van der Waals surface area contributed by atoms with Gasteiger partial charge in [0.05, 0.1) is 19.1 Å². The van der Waals surface area contributed by atoms with Gasteiger partial charge < -0.3 is 24.4 Å². The molecule has 29 heavy (non-hydrogen) atoms. The molecule has 1 saturated heterocycles. The number of anilines is 2. The maximum Gasteiger partial charge on any atom is 0.310 e. The van der Waals surface area contributed by atoms with E-state index < -0.39 is 10.9 Å². The van der Waals surface area contributed by atoms with Gasteiger partial charge in [0.15, 0.2) is 11.5 Å². The summed E-state index contributed by atoms with van der Waals surface area (Å²) in [5.74, 6) is 0.810. The zero-order valence-corrected chi connectivity index (χ0v) is 16.3. The number of fused-ring (bicyclic) bond motifs is 1. The normalized spacial score (nSPS) is 21.1. The molecular weight excluding hydrogens is 376 g/mol. The highest BCUT2D eigenvalue weighted by molar-refractivity contribution is 5.78. The van der Waals surface area contributed by atoms with Crippen LogP contribution in [0.15, 0.2) is 33.9 Å². The van der Waals surface area contributed by atoms with Gasteiger partial charge in [0.2, 0.25) is 0 Å². The lowest BCUT2D eigenvalue weighted by Crippen LogP contribution is -2.48. The van der Waals surface area contributed by atoms with Gasteiger partial charge in [-0.2, -0.15) is 0 Å². The summed E-state index contributed by atoms with van der Waals surface area (Å²) < 4.78 is 16.7. The summed E-state index contributed by atoms with van der Waals surface area (Å²) in [6, 6.07) is 7.40. The molecule has 8 nitrogen and oxygen atoms in total. The monoisotopic (exact) mass is 400 g/mol. The van der Waals surface area contributed by atoms with Gasteiger partial charge in [-0.05, 0) is 31.9 Å². The molecule has 1 N–H and O–H groups in total. The fraction of sp³-hybridized carbons (Fsp3) is 0.476. The van der Waals surface area contributed by atoms with E-state index in [1.807, 2.05) is 29.2 Å². The average molecular weight is 400 g/mol. The van der Waals surface area contributed by atoms with Crippen molar-refractivity contribution in [3.8, 4) is 11.5 Å². The molecule has 0 bridgehead atoms. The van der Waals surface area contributed by atoms with Gasteiger partial charge in [-0.25, -0.2) is 0 Å². The molecule has 1 fully saturated rings. The van der Waals surface area contributed by atoms with Crippen molar-refractivity contribution < 1.29 is 19.0 Å². The molecule has 2 aliphatic rings. The van der Waals surface area contributed by atoms with Gasteiger partial charge in [0.25, 0.3) is 10.9 Å². The van der Waals surface area contributed by atoms with Crippen molar-refractivity contribution in [1.82, 2.24) is 0 Å². The summed E-state index contributed by atoms with van der Waals surface area (Å²) >= 11 is 0. The molecule has 154 valence electrons. The molecule has 0 saturated carbocycles. The fourth-order valence-corrected chi connectivity index (χ4v) is 3.86. The number of esters is 1. The zero-order valence-electron chi connectivity index (χ0n) is 16.3. The highest BCUT2D eigenvalue weighted by Crippen LogP contribution is 2.31. The molecule has 0 amide bonds. The van der Waals surface area contributed by atoms with Crippen LogP contribution in [0.5, 0.6) is 11.5 Å². The number of rotatable bonds is 6. The third-order valence-corrected chi connectivity index (χ3v) is 5.32. The quantitative estimate of drug-likeness (QED) is 0.573. The highest BCUT2D eigenvalue weighted by Gasteiger charge is 2.33. The molecule has 0 aliphatic carbocycles. The number of ether oxygens (including phenoxy) is 3. The first-order chi connectivity index (χ1) is 14.1. The van der Waals surface area contributed by atoms with E-state index in [-0.39, 0.29) is 18.0 Å². The maximum absolute atomic E-state index is 12.2. The topological polar surface area (TPSA) is 94.2 Å². The number of nitrogens with zero attached hydrogens (tertiary/aromatic N) is 1. The third kappa shape index (κ3) is 3.79. The minimum atomic E-state index is -0.532. The van der Waals surface area contributed by atoms with E-state index in [0.717, 1.165) is 12.8 Å². The molecule has 2 aliphatic heterocycles. The lowest BCUT2D eigenvalue weighted by molar-refractivity contribution is -0.148. The molecule has 0 radical (unpaired) electrons. The van der Waals surface area contributed by atoms with E-state index in [9.17, 15) is 14.4 Å². The van der Waals surface area contributed by atoms with Gasteiger partial charge in [-0.1, -0.05) is 12.1 Å². The molecule has 2 aromatic carbocycles. The van der Waals surface area contributed by atoms with Crippen molar-refractivity contribution >= 4 is 17.3 Å². The predicted octanol–water partition coefficient (Wildman–Crippen LogP) is 1.31. The zero-order chi connectivity index (χ0) is 20.4. The van der Waals surface area contributed by atoms with Gasteiger partial charge in [0.1, 0.15) is 24.1 Å². The van der Waals surface area contributed by atoms with E-state index in [1.54, 1.807) is 6.92 Å². The van der Waals surface area contributed by atoms with Gasteiger partial charge in [-0.15, -0.1) is 0 Å². The van der Waals surface area contributed by atoms with Crippen molar-refractivity contribution in [3.05, 3.63) is 44.7 Å². The largest absolute Gasteiger partial charge is 0.486 e. The van der Waals surface area contributed by atoms with E-state index in [0.29, 0.717) is 55.7 Å². The Kier molecular flexibility index (Phi) is 5.42. The van der Waals surface area contributed by atoms with Crippen LogP contribution in [0, 0.1) is 5.92 Å². The second kappa shape index (κ2) is 8.14. The fourth-order valence-electron chi connectivity index (χ4n) is 3.86. The molecular formula is C21H24N2O6. The molecule has 0 unspecified atom stereocenters. The molecule has 0 spiro atoms. The second-order valence-corrected chi connectivity index (χ2v) is 7.30. The van der Waals surface area contributed by atoms with Crippen molar-refractivity contribution in [2.45, 2.75) is 25.9 Å². The summed E-state index contributed by atoms with van der Waals surface area (Å²) in [6.07, 6.45) is 1.20. The lowest BCUT2D eigenvalue weighted by atomic mass is 9.96. The van der Waals surface area contributed by atoms with Crippen LogP contribution in [0.2, 0.25) is 0 Å². The number of piperidine rings is 1. The van der Waals surface area contributed by atoms with Crippen molar-refractivity contribution in [1.29, 1.82) is 0 Å². The number of carbonyl (C=O) groups excluding carboxylic acids is 1. The first kappa shape index (κ1) is 19.3. The van der Waals surface area contributed by atoms with Crippen molar-refractivity contribution in [2.24, 2.45) is 5.92 Å². The van der Waals surface area contributed by atoms with Crippen molar-refractivity contribution in [2.75, 3.05) is 43.1 Å². The SMILES string of the molecule is CCOC(=O)[C@@H]1CCCN(c2c(NC[C@@H]3COc4ccccc4O3)c(=O)c2=O)C1. The van der Waals surface area contributed by atoms with Crippen LogP contribution >= 0.6 is 0 Å². The number of nitrogens with one attached hydrogen (secondary N) is 1. The summed E-state index contributed by atoms with van der Waals surface area (Å²) in [7, 11) is 0. The van der Waals surface area contributed by atoms with E-state index in [2.05, 4.69) is 5.32 Å². The Morgan fingerprint density at radius 1 is 1.24 bits per heavy atom. The van der Waals surface area contributed by atoms with Gasteiger partial charge in [-0.3, -0.25) is 14.4 Å². The van der Waals surface area contributed by atoms with Crippen LogP contribution in [-0.4, -0.2) is 44.9 Å². The standard InChI is InChI=1S/C21H24N2O6/c1-2-27-21(26)13-6-5-9-23(11-13)18-17(19(24)20(18)25)22-10-14-12-28-15-7-3-4-8-16(15)29-14/h3-4,7-8,13-14,22H,2,5-6,9-12H2,1H3/t13-,14-/m1/s1. The van der Waals surface area contributed by atoms with Gasteiger partial charge in [0, 0.05) is 13.1 Å². The van der Waals surface area contributed by atoms with E-state index in [1.165, 1.54) is 0 Å². The summed E-state index contributed by atoms with van der Waals surface area (Å²) in [5, 5.41) is 3.06. The lowest BCUT2D eigenvalue weighted by Gasteiger charge is -2.35. The summed E-state index contributed by atoms with van der Waals surface area (Å²) in [5.41, 5.74) is -0.387. The number of benzene rings is 1. The number of hydrogen-bond acceptors (Lipinski definition) is 8. The smallest absolute Gasteiger partial charge is 0.310 e. The molecule has 4 rings (SSSR count). The highest BCUT2D eigenvalue weighted by atomic mass is 16.6. The van der Waals surface area contributed by atoms with E-state index in [4.69, 9.17) is 14.2 Å². The van der Waals surface area contributed by atoms with Crippen molar-refractivity contribution in [3.63, 3.8) is 0 Å². The minimum Gasteiger partial charge on any atom is -0.486 e. The van der Waals surface area contributed by atoms with Crippen LogP contribution in [0.4, 0.5) is 11.4 Å². The number of hydrogen-bond donors (Lipinski definition) is 1. The molecule has 0 aromatic heterocycles. The average Bonchev–Trinajstić information content (AvgIpc) is 2.76. The number of carbonyl (C=O) groups is 1. The second-order valence-electron chi connectivity index (χ2n) is 7.30. The van der Waals surface area contributed by atoms with Crippen LogP contribution in [0.25, 0.3) is 0 Å². The Bertz CT molecular complexity index is 964. The first-order valence-corrected chi connectivity index (χ1v) is 9.95. The summed E-state index contributed by atoms with van der Waals surface area (Å²) in [4.78, 5) is 38.3. The maximum atomic E-state index is 12.2. The Balaban J connectivity index is 1.41. The Morgan fingerprint density at radius 3 is 2.83 bits per heavy atom. The number of para-hydroxylation sites is 2. The Labute approximate surface area is 168 Å². The molecule has 2 atom stereocenters. The van der Waals surface area contributed by atoms with Gasteiger partial charge >= 0.3 is 5.97 Å². The Morgan fingerprint density at radius 2 is 2.03 bits per heavy atom. The minimum absolute atomic E-state index is 0.253. The van der Waals surface area contributed by atoms with Crippen LogP contribution in [-0.2, 0) is 9.53 Å². The van der Waals surface area contributed by atoms with Crippen LogP contribution in [0.1, 0.15) is 19.8 Å².